The van der Waals surface area contributed by atoms with Gasteiger partial charge in [0, 0.05) is 11.1 Å². The van der Waals surface area contributed by atoms with Gasteiger partial charge < -0.3 is 9.47 Å². The molecule has 0 heterocycles. The first kappa shape index (κ1) is 27.7. The number of carbonyl (C=O) groups is 2. The molecule has 4 nitrogen and oxygen atoms in total. The summed E-state index contributed by atoms with van der Waals surface area (Å²) in [7, 11) is 0. The Hall–Kier alpha value is -4.86. The Bertz CT molecular complexity index is 1300. The van der Waals surface area contributed by atoms with E-state index in [0.29, 0.717) is 22.3 Å². The molecule has 0 amide bonds. The Balaban J connectivity index is 1.57. The lowest BCUT2D eigenvalue weighted by Gasteiger charge is -2.02. The van der Waals surface area contributed by atoms with E-state index in [4.69, 9.17) is 0 Å². The van der Waals surface area contributed by atoms with Crippen LogP contribution in [0.1, 0.15) is 31.8 Å². The smallest absolute Gasteiger partial charge is 0.344 e. The number of allylic oxidation sites excluding steroid dienone is 2. The number of ether oxygens (including phenoxy) is 2. The van der Waals surface area contributed by atoms with Crippen molar-refractivity contribution in [1.29, 1.82) is 0 Å². The Morgan fingerprint density at radius 3 is 1.11 bits per heavy atom. The molecule has 0 aliphatic heterocycles. The zero-order valence-electron chi connectivity index (χ0n) is 19.1. The molecular formula is C28H16F6O4. The van der Waals surface area contributed by atoms with Crippen molar-refractivity contribution in [1.82, 2.24) is 0 Å². The third-order valence-electron chi connectivity index (χ3n) is 4.78. The van der Waals surface area contributed by atoms with Crippen molar-refractivity contribution in [3.05, 3.63) is 131 Å². The van der Waals surface area contributed by atoms with Crippen molar-refractivity contribution in [2.45, 2.75) is 0 Å². The highest BCUT2D eigenvalue weighted by Crippen LogP contribution is 2.21. The van der Waals surface area contributed by atoms with Gasteiger partial charge in [-0.25, -0.2) is 0 Å². The van der Waals surface area contributed by atoms with Gasteiger partial charge in [0.25, 0.3) is 0 Å². The van der Waals surface area contributed by atoms with Gasteiger partial charge in [-0.15, -0.1) is 0 Å². The summed E-state index contributed by atoms with van der Waals surface area (Å²) in [5.41, 5.74) is 1.66. The highest BCUT2D eigenvalue weighted by molar-refractivity contribution is 6.09. The Kier molecular flexibility index (Phi) is 9.42. The van der Waals surface area contributed by atoms with Crippen LogP contribution in [0.4, 0.5) is 26.3 Å². The van der Waals surface area contributed by atoms with E-state index in [1.807, 2.05) is 0 Å². The van der Waals surface area contributed by atoms with Gasteiger partial charge in [-0.3, -0.25) is 9.59 Å². The van der Waals surface area contributed by atoms with Crippen LogP contribution in [0.15, 0.2) is 109 Å². The zero-order valence-corrected chi connectivity index (χ0v) is 19.1. The summed E-state index contributed by atoms with van der Waals surface area (Å²) in [6, 6.07) is 12.7. The van der Waals surface area contributed by atoms with Crippen LogP contribution in [-0.2, 0) is 0 Å². The number of hydrogen-bond donors (Lipinski definition) is 0. The summed E-state index contributed by atoms with van der Waals surface area (Å²) in [6.45, 7) is 0. The molecule has 3 rings (SSSR count). The van der Waals surface area contributed by atoms with Crippen LogP contribution >= 0.6 is 0 Å². The quantitative estimate of drug-likeness (QED) is 0.115. The third-order valence-corrected chi connectivity index (χ3v) is 4.78. The van der Waals surface area contributed by atoms with Gasteiger partial charge in [-0.2, -0.15) is 26.3 Å². The highest BCUT2D eigenvalue weighted by atomic mass is 19.3. The Morgan fingerprint density at radius 1 is 0.500 bits per heavy atom. The normalized spacial score (nSPS) is 10.9. The van der Waals surface area contributed by atoms with Crippen LogP contribution in [0, 0.1) is 0 Å². The molecule has 0 fully saturated rings. The van der Waals surface area contributed by atoms with Crippen LogP contribution in [0.2, 0.25) is 0 Å². The van der Waals surface area contributed by atoms with E-state index in [1.165, 1.54) is 97.1 Å². The van der Waals surface area contributed by atoms with Crippen molar-refractivity contribution in [2.75, 3.05) is 0 Å². The van der Waals surface area contributed by atoms with Gasteiger partial charge in [0.05, 0.1) is 0 Å². The second kappa shape index (κ2) is 12.9. The predicted octanol–water partition coefficient (Wildman–Crippen LogP) is 8.31. The molecular weight excluding hydrogens is 514 g/mol. The number of rotatable bonds is 10. The summed E-state index contributed by atoms with van der Waals surface area (Å²) in [6.07, 6.45) is 0.312. The van der Waals surface area contributed by atoms with Gasteiger partial charge in [-0.05, 0) is 47.5 Å². The monoisotopic (exact) mass is 530 g/mol. The van der Waals surface area contributed by atoms with Crippen molar-refractivity contribution < 1.29 is 45.4 Å². The lowest BCUT2D eigenvalue weighted by atomic mass is 10.0. The van der Waals surface area contributed by atoms with Crippen LogP contribution in [0.5, 0.6) is 11.5 Å². The minimum Gasteiger partial charge on any atom is -0.428 e. The van der Waals surface area contributed by atoms with E-state index in [0.717, 1.165) is 0 Å². The molecule has 10 heteroatoms. The summed E-state index contributed by atoms with van der Waals surface area (Å²) >= 11 is 0. The molecule has 0 spiro atoms. The number of carbonyl (C=O) groups excluding carboxylic acids is 2. The average molecular weight is 530 g/mol. The molecule has 0 unspecified atom stereocenters. The molecule has 0 saturated carbocycles. The maximum atomic E-state index is 12.8. The largest absolute Gasteiger partial charge is 0.428 e. The second-order valence-electron chi connectivity index (χ2n) is 7.38. The molecule has 0 atom stereocenters. The minimum absolute atomic E-state index is 0.141. The summed E-state index contributed by atoms with van der Waals surface area (Å²) in [4.78, 5) is 24.8. The summed E-state index contributed by atoms with van der Waals surface area (Å²) in [5.74, 6) is -1.02. The lowest BCUT2D eigenvalue weighted by molar-refractivity contribution is 0.103. The molecule has 0 aromatic heterocycles. The second-order valence-corrected chi connectivity index (χ2v) is 7.38. The lowest BCUT2D eigenvalue weighted by Crippen LogP contribution is -1.98. The molecule has 0 aliphatic rings. The topological polar surface area (TPSA) is 52.6 Å². The number of hydrogen-bond acceptors (Lipinski definition) is 4. The molecule has 194 valence electrons. The number of halogens is 6. The maximum absolute atomic E-state index is 12.8. The minimum atomic E-state index is -2.58. The third kappa shape index (κ3) is 8.09. The van der Waals surface area contributed by atoms with E-state index >= 15 is 0 Å². The van der Waals surface area contributed by atoms with E-state index in [-0.39, 0.29) is 23.1 Å². The standard InChI is InChI=1S/C28H16F6O4/c29-25(30)27(33)37-21-11-1-17(2-12-21)5-15-23(35)19-7-9-20(10-8-19)24(36)16-6-18-3-13-22(14-4-18)38-28(34)26(31)32/h1-16H. The molecule has 0 aliphatic carbocycles. The van der Waals surface area contributed by atoms with Gasteiger partial charge >= 0.3 is 24.2 Å². The van der Waals surface area contributed by atoms with Gasteiger partial charge in [-0.1, -0.05) is 60.7 Å². The maximum Gasteiger partial charge on any atom is 0.344 e. The van der Waals surface area contributed by atoms with Crippen molar-refractivity contribution in [3.8, 4) is 11.5 Å². The predicted molar refractivity (Wildman–Crippen MR) is 128 cm³/mol. The van der Waals surface area contributed by atoms with Crippen molar-refractivity contribution in [3.63, 3.8) is 0 Å². The van der Waals surface area contributed by atoms with E-state index in [2.05, 4.69) is 9.47 Å². The molecule has 0 bridgehead atoms. The molecule has 0 radical (unpaired) electrons. The molecule has 0 saturated heterocycles. The molecule has 38 heavy (non-hydrogen) atoms. The first-order valence-corrected chi connectivity index (χ1v) is 10.6. The highest BCUT2D eigenvalue weighted by Gasteiger charge is 2.09. The summed E-state index contributed by atoms with van der Waals surface area (Å²) in [5, 5.41) is 0. The van der Waals surface area contributed by atoms with Crippen LogP contribution in [-0.4, -0.2) is 11.6 Å². The van der Waals surface area contributed by atoms with Crippen LogP contribution in [0.25, 0.3) is 12.2 Å². The number of ketones is 2. The molecule has 3 aromatic rings. The van der Waals surface area contributed by atoms with E-state index < -0.39 is 24.2 Å². The fourth-order valence-corrected chi connectivity index (χ4v) is 2.91. The van der Waals surface area contributed by atoms with Gasteiger partial charge in [0.2, 0.25) is 0 Å². The summed E-state index contributed by atoms with van der Waals surface area (Å²) < 4.78 is 82.6. The Labute approximate surface area is 212 Å². The van der Waals surface area contributed by atoms with Crippen molar-refractivity contribution >= 4 is 23.7 Å². The van der Waals surface area contributed by atoms with Gasteiger partial charge in [0.1, 0.15) is 11.5 Å². The number of benzene rings is 3. The SMILES string of the molecule is O=C(C=Cc1ccc(OC(F)=C(F)F)cc1)c1ccc(C(=O)C=Cc2ccc(OC(F)=C(F)F)cc2)cc1. The first-order valence-electron chi connectivity index (χ1n) is 10.6. The zero-order chi connectivity index (χ0) is 27.7. The van der Waals surface area contributed by atoms with Crippen LogP contribution < -0.4 is 9.47 Å². The van der Waals surface area contributed by atoms with Crippen LogP contribution in [0.3, 0.4) is 0 Å². The molecule has 3 aromatic carbocycles. The van der Waals surface area contributed by atoms with E-state index in [1.54, 1.807) is 0 Å². The Morgan fingerprint density at radius 2 is 0.816 bits per heavy atom. The van der Waals surface area contributed by atoms with Crippen molar-refractivity contribution in [2.24, 2.45) is 0 Å². The first-order chi connectivity index (χ1) is 18.1. The molecule has 0 N–H and O–H groups in total. The fraction of sp³-hybridized carbons (Fsp3) is 0. The average Bonchev–Trinajstić information content (AvgIpc) is 2.91. The fourth-order valence-electron chi connectivity index (χ4n) is 2.91. The van der Waals surface area contributed by atoms with E-state index in [9.17, 15) is 35.9 Å². The van der Waals surface area contributed by atoms with Gasteiger partial charge in [0.15, 0.2) is 11.6 Å².